The van der Waals surface area contributed by atoms with Crippen LogP contribution in [0.5, 0.6) is 0 Å². The van der Waals surface area contributed by atoms with Gasteiger partial charge < -0.3 is 10.6 Å². The van der Waals surface area contributed by atoms with Crippen molar-refractivity contribution in [1.82, 2.24) is 10.6 Å². The Bertz CT molecular complexity index is 404. The van der Waals surface area contributed by atoms with Gasteiger partial charge in [-0.25, -0.2) is 8.42 Å². The summed E-state index contributed by atoms with van der Waals surface area (Å²) in [6.07, 6.45) is 2.11. The molecule has 0 bridgehead atoms. The van der Waals surface area contributed by atoms with Crippen molar-refractivity contribution in [2.24, 2.45) is 11.8 Å². The zero-order chi connectivity index (χ0) is 14.0. The molecule has 6 heteroatoms. The molecule has 1 aliphatic rings. The number of carbonyl (C=O) groups is 1. The highest BCUT2D eigenvalue weighted by Crippen LogP contribution is 2.19. The minimum atomic E-state index is -3.39. The third-order valence-electron chi connectivity index (χ3n) is 3.96. The van der Waals surface area contributed by atoms with Gasteiger partial charge in [-0.2, -0.15) is 0 Å². The highest BCUT2D eigenvalue weighted by molar-refractivity contribution is 7.92. The largest absolute Gasteiger partial charge is 0.354 e. The van der Waals surface area contributed by atoms with Crippen LogP contribution in [0.4, 0.5) is 0 Å². The third kappa shape index (κ3) is 3.45. The Morgan fingerprint density at radius 1 is 1.44 bits per heavy atom. The predicted molar refractivity (Wildman–Crippen MR) is 72.1 cm³/mol. The number of hydrogen-bond donors (Lipinski definition) is 2. The minimum absolute atomic E-state index is 0.407. The normalized spacial score (nSPS) is 25.8. The van der Waals surface area contributed by atoms with E-state index in [4.69, 9.17) is 0 Å². The smallest absolute Gasteiger partial charge is 0.240 e. The molecule has 5 nitrogen and oxygen atoms in total. The number of piperidine rings is 1. The van der Waals surface area contributed by atoms with Crippen LogP contribution in [0, 0.1) is 11.8 Å². The maximum atomic E-state index is 12.0. The highest BCUT2D eigenvalue weighted by atomic mass is 32.2. The van der Waals surface area contributed by atoms with E-state index < -0.39 is 20.5 Å². The molecular formula is C12H24N2O3S. The van der Waals surface area contributed by atoms with E-state index in [2.05, 4.69) is 17.6 Å². The van der Waals surface area contributed by atoms with Crippen molar-refractivity contribution in [2.45, 2.75) is 31.9 Å². The molecule has 0 aromatic heterocycles. The lowest BCUT2D eigenvalue weighted by Crippen LogP contribution is -2.50. The van der Waals surface area contributed by atoms with Gasteiger partial charge in [-0.3, -0.25) is 4.79 Å². The fraction of sp³-hybridized carbons (Fsp3) is 0.917. The fourth-order valence-corrected chi connectivity index (χ4v) is 2.39. The molecule has 0 radical (unpaired) electrons. The molecule has 1 rings (SSSR count). The van der Waals surface area contributed by atoms with E-state index >= 15 is 0 Å². The Labute approximate surface area is 110 Å². The van der Waals surface area contributed by atoms with Crippen LogP contribution in [0.15, 0.2) is 0 Å². The maximum Gasteiger partial charge on any atom is 0.240 e. The molecule has 2 unspecified atom stereocenters. The lowest BCUT2D eigenvalue weighted by atomic mass is 9.88. The number of hydrogen-bond acceptors (Lipinski definition) is 4. The molecule has 2 N–H and O–H groups in total. The van der Waals surface area contributed by atoms with Gasteiger partial charge in [0, 0.05) is 12.8 Å². The van der Waals surface area contributed by atoms with Gasteiger partial charge in [-0.1, -0.05) is 6.92 Å². The van der Waals surface area contributed by atoms with Crippen LogP contribution in [0.2, 0.25) is 0 Å². The van der Waals surface area contributed by atoms with Gasteiger partial charge >= 0.3 is 0 Å². The fourth-order valence-electron chi connectivity index (χ4n) is 1.98. The molecule has 0 spiro atoms. The van der Waals surface area contributed by atoms with Crippen LogP contribution < -0.4 is 10.6 Å². The molecule has 2 atom stereocenters. The van der Waals surface area contributed by atoms with Crippen molar-refractivity contribution >= 4 is 15.7 Å². The Morgan fingerprint density at radius 3 is 2.56 bits per heavy atom. The van der Waals surface area contributed by atoms with Crippen LogP contribution in [0.25, 0.3) is 0 Å². The Hall–Kier alpha value is -0.620. The summed E-state index contributed by atoms with van der Waals surface area (Å²) in [5, 5.41) is 6.08. The van der Waals surface area contributed by atoms with E-state index in [1.54, 1.807) is 0 Å². The zero-order valence-electron chi connectivity index (χ0n) is 11.6. The average Bonchev–Trinajstić information content (AvgIpc) is 2.26. The number of sulfone groups is 1. The van der Waals surface area contributed by atoms with Gasteiger partial charge in [-0.05, 0) is 45.2 Å². The molecule has 1 aliphatic heterocycles. The predicted octanol–water partition coefficient (Wildman–Crippen LogP) is 0.171. The Morgan fingerprint density at radius 2 is 2.06 bits per heavy atom. The maximum absolute atomic E-state index is 12.0. The standard InChI is InChI=1S/C12H24N2O3S/c1-9-7-13-6-5-10(9)8-14-11(15)12(2,3)18(4,16)17/h9-10,13H,5-8H2,1-4H3,(H,14,15). The molecule has 0 aromatic rings. The molecule has 0 aliphatic carbocycles. The second-order valence-corrected chi connectivity index (χ2v) is 8.29. The van der Waals surface area contributed by atoms with Gasteiger partial charge in [0.05, 0.1) is 0 Å². The van der Waals surface area contributed by atoms with Crippen molar-refractivity contribution < 1.29 is 13.2 Å². The lowest BCUT2D eigenvalue weighted by Gasteiger charge is -2.31. The first-order valence-corrected chi connectivity index (χ1v) is 8.24. The highest BCUT2D eigenvalue weighted by Gasteiger charge is 2.38. The summed E-state index contributed by atoms with van der Waals surface area (Å²) in [7, 11) is -3.39. The molecule has 1 saturated heterocycles. The molecule has 18 heavy (non-hydrogen) atoms. The van der Waals surface area contributed by atoms with Crippen molar-refractivity contribution in [3.8, 4) is 0 Å². The Balaban J connectivity index is 2.56. The molecule has 1 fully saturated rings. The summed E-state index contributed by atoms with van der Waals surface area (Å²) >= 11 is 0. The minimum Gasteiger partial charge on any atom is -0.354 e. The van der Waals surface area contributed by atoms with Gasteiger partial charge in [0.2, 0.25) is 5.91 Å². The molecule has 1 amide bonds. The average molecular weight is 276 g/mol. The summed E-state index contributed by atoms with van der Waals surface area (Å²) in [4.78, 5) is 12.0. The first-order valence-electron chi connectivity index (χ1n) is 6.35. The number of nitrogens with one attached hydrogen (secondary N) is 2. The molecular weight excluding hydrogens is 252 g/mol. The third-order valence-corrected chi connectivity index (χ3v) is 6.00. The van der Waals surface area contributed by atoms with E-state index in [0.29, 0.717) is 18.4 Å². The topological polar surface area (TPSA) is 75.3 Å². The van der Waals surface area contributed by atoms with E-state index in [9.17, 15) is 13.2 Å². The van der Waals surface area contributed by atoms with E-state index in [1.807, 2.05) is 0 Å². The number of amides is 1. The first-order chi connectivity index (χ1) is 8.16. The first kappa shape index (κ1) is 15.4. The van der Waals surface area contributed by atoms with E-state index in [-0.39, 0.29) is 0 Å². The van der Waals surface area contributed by atoms with E-state index in [1.165, 1.54) is 13.8 Å². The monoisotopic (exact) mass is 276 g/mol. The van der Waals surface area contributed by atoms with Crippen LogP contribution in [0.3, 0.4) is 0 Å². The number of carbonyl (C=O) groups excluding carboxylic acids is 1. The summed E-state index contributed by atoms with van der Waals surface area (Å²) in [6, 6.07) is 0. The van der Waals surface area contributed by atoms with Crippen molar-refractivity contribution in [3.05, 3.63) is 0 Å². The summed E-state index contributed by atoms with van der Waals surface area (Å²) in [6.45, 7) is 7.51. The van der Waals surface area contributed by atoms with Crippen molar-refractivity contribution in [1.29, 1.82) is 0 Å². The number of rotatable bonds is 4. The van der Waals surface area contributed by atoms with Gasteiger partial charge in [0.25, 0.3) is 0 Å². The van der Waals surface area contributed by atoms with Crippen molar-refractivity contribution in [2.75, 3.05) is 25.9 Å². The zero-order valence-corrected chi connectivity index (χ0v) is 12.4. The van der Waals surface area contributed by atoms with Gasteiger partial charge in [0.15, 0.2) is 9.84 Å². The Kier molecular flexibility index (Phi) is 4.78. The molecule has 0 saturated carbocycles. The van der Waals surface area contributed by atoms with Crippen LogP contribution >= 0.6 is 0 Å². The van der Waals surface area contributed by atoms with Crippen LogP contribution in [-0.2, 0) is 14.6 Å². The van der Waals surface area contributed by atoms with Gasteiger partial charge in [0.1, 0.15) is 4.75 Å². The molecule has 1 heterocycles. The summed E-state index contributed by atoms with van der Waals surface area (Å²) in [5.41, 5.74) is 0. The second kappa shape index (κ2) is 5.57. The summed E-state index contributed by atoms with van der Waals surface area (Å²) < 4.78 is 21.7. The molecule has 106 valence electrons. The van der Waals surface area contributed by atoms with E-state index in [0.717, 1.165) is 25.8 Å². The van der Waals surface area contributed by atoms with Crippen LogP contribution in [-0.4, -0.2) is 45.0 Å². The van der Waals surface area contributed by atoms with Crippen molar-refractivity contribution in [3.63, 3.8) is 0 Å². The summed E-state index contributed by atoms with van der Waals surface area (Å²) in [5.74, 6) is 0.515. The SMILES string of the molecule is CC1CNCCC1CNC(=O)C(C)(C)S(C)(=O)=O. The van der Waals surface area contributed by atoms with Gasteiger partial charge in [-0.15, -0.1) is 0 Å². The van der Waals surface area contributed by atoms with Crippen LogP contribution in [0.1, 0.15) is 27.2 Å². The lowest BCUT2D eigenvalue weighted by molar-refractivity contribution is -0.123. The molecule has 0 aromatic carbocycles. The quantitative estimate of drug-likeness (QED) is 0.767. The second-order valence-electron chi connectivity index (χ2n) is 5.72.